The second-order valence-electron chi connectivity index (χ2n) is 6.63. The summed E-state index contributed by atoms with van der Waals surface area (Å²) >= 11 is 0. The second-order valence-corrected chi connectivity index (χ2v) is 6.63. The molecule has 1 amide bonds. The molecule has 23 heavy (non-hydrogen) atoms. The minimum Gasteiger partial charge on any atom is -0.422 e. The number of amides is 1. The zero-order valence-corrected chi connectivity index (χ0v) is 13.8. The molecule has 1 aromatic carbocycles. The maximum atomic E-state index is 11.9. The standard InChI is InChI=1S/C19H27NO3/c21-19(20-13-5-2-6-14-20)23-15-22-18-11-9-17(10-12-18)16-7-3-1-4-8-16/h1,3-4,7-8,17-18H,2,5-6,9-15H2/t17-,18+. The molecule has 0 N–H and O–H groups in total. The summed E-state index contributed by atoms with van der Waals surface area (Å²) in [6.45, 7) is 1.73. The fourth-order valence-electron chi connectivity index (χ4n) is 3.64. The Labute approximate surface area is 138 Å². The predicted octanol–water partition coefficient (Wildman–Crippen LogP) is 4.31. The number of hydrogen-bond donors (Lipinski definition) is 0. The van der Waals surface area contributed by atoms with Crippen LogP contribution in [-0.2, 0) is 9.47 Å². The lowest BCUT2D eigenvalue weighted by molar-refractivity contribution is -0.0773. The van der Waals surface area contributed by atoms with E-state index >= 15 is 0 Å². The Bertz CT molecular complexity index is 477. The largest absolute Gasteiger partial charge is 0.422 e. The first-order chi connectivity index (χ1) is 11.3. The average molecular weight is 317 g/mol. The van der Waals surface area contributed by atoms with Crippen molar-refractivity contribution in [3.05, 3.63) is 35.9 Å². The highest BCUT2D eigenvalue weighted by Gasteiger charge is 2.23. The Kier molecular flexibility index (Phi) is 5.92. The molecule has 2 aliphatic rings. The zero-order chi connectivity index (χ0) is 15.9. The van der Waals surface area contributed by atoms with E-state index in [0.29, 0.717) is 5.92 Å². The van der Waals surface area contributed by atoms with Gasteiger partial charge in [-0.15, -0.1) is 0 Å². The van der Waals surface area contributed by atoms with Gasteiger partial charge in [0.25, 0.3) is 0 Å². The minimum atomic E-state index is -0.220. The van der Waals surface area contributed by atoms with Crippen LogP contribution in [0.25, 0.3) is 0 Å². The summed E-state index contributed by atoms with van der Waals surface area (Å²) in [7, 11) is 0. The second kappa shape index (κ2) is 8.34. The number of carbonyl (C=O) groups is 1. The Morgan fingerprint density at radius 2 is 1.70 bits per heavy atom. The van der Waals surface area contributed by atoms with Gasteiger partial charge < -0.3 is 14.4 Å². The highest BCUT2D eigenvalue weighted by Crippen LogP contribution is 2.33. The summed E-state index contributed by atoms with van der Waals surface area (Å²) in [5, 5.41) is 0. The van der Waals surface area contributed by atoms with E-state index in [1.54, 1.807) is 4.90 Å². The average Bonchev–Trinajstić information content (AvgIpc) is 2.64. The van der Waals surface area contributed by atoms with Crippen LogP contribution in [-0.4, -0.2) is 37.0 Å². The highest BCUT2D eigenvalue weighted by atomic mass is 16.7. The van der Waals surface area contributed by atoms with Crippen LogP contribution in [0.1, 0.15) is 56.4 Å². The fraction of sp³-hybridized carbons (Fsp3) is 0.632. The lowest BCUT2D eigenvalue weighted by Gasteiger charge is -2.29. The molecule has 0 aromatic heterocycles. The number of hydrogen-bond acceptors (Lipinski definition) is 3. The quantitative estimate of drug-likeness (QED) is 0.777. The third-order valence-corrected chi connectivity index (χ3v) is 5.05. The summed E-state index contributed by atoms with van der Waals surface area (Å²) < 4.78 is 11.0. The summed E-state index contributed by atoms with van der Waals surface area (Å²) in [6.07, 6.45) is 7.77. The third kappa shape index (κ3) is 4.71. The van der Waals surface area contributed by atoms with Crippen molar-refractivity contribution in [2.45, 2.75) is 57.0 Å². The van der Waals surface area contributed by atoms with Crippen LogP contribution in [0.5, 0.6) is 0 Å². The van der Waals surface area contributed by atoms with E-state index in [2.05, 4.69) is 30.3 Å². The van der Waals surface area contributed by atoms with E-state index in [-0.39, 0.29) is 19.0 Å². The molecular weight excluding hydrogens is 290 g/mol. The van der Waals surface area contributed by atoms with Crippen molar-refractivity contribution in [3.63, 3.8) is 0 Å². The van der Waals surface area contributed by atoms with Gasteiger partial charge in [-0.3, -0.25) is 0 Å². The van der Waals surface area contributed by atoms with E-state index in [1.165, 1.54) is 12.0 Å². The summed E-state index contributed by atoms with van der Waals surface area (Å²) in [6, 6.07) is 10.7. The Hall–Kier alpha value is -1.55. The summed E-state index contributed by atoms with van der Waals surface area (Å²) in [5.41, 5.74) is 1.43. The van der Waals surface area contributed by atoms with Gasteiger partial charge in [0.15, 0.2) is 6.79 Å². The van der Waals surface area contributed by atoms with Crippen molar-refractivity contribution in [3.8, 4) is 0 Å². The molecule has 0 spiro atoms. The fourth-order valence-corrected chi connectivity index (χ4v) is 3.64. The molecule has 0 unspecified atom stereocenters. The number of benzene rings is 1. The number of likely N-dealkylation sites (tertiary alicyclic amines) is 1. The zero-order valence-electron chi connectivity index (χ0n) is 13.8. The Morgan fingerprint density at radius 3 is 2.39 bits per heavy atom. The molecule has 4 heteroatoms. The maximum absolute atomic E-state index is 11.9. The van der Waals surface area contributed by atoms with Gasteiger partial charge in [0.2, 0.25) is 0 Å². The predicted molar refractivity (Wildman–Crippen MR) is 89.3 cm³/mol. The van der Waals surface area contributed by atoms with Gasteiger partial charge in [-0.25, -0.2) is 4.79 Å². The molecule has 0 atom stereocenters. The molecule has 1 heterocycles. The molecule has 0 radical (unpaired) electrons. The van der Waals surface area contributed by atoms with E-state index in [1.807, 2.05) is 0 Å². The van der Waals surface area contributed by atoms with Crippen molar-refractivity contribution in [1.29, 1.82) is 0 Å². The van der Waals surface area contributed by atoms with Crippen molar-refractivity contribution in [1.82, 2.24) is 4.90 Å². The van der Waals surface area contributed by atoms with Crippen LogP contribution in [0.15, 0.2) is 30.3 Å². The van der Waals surface area contributed by atoms with Gasteiger partial charge in [0.05, 0.1) is 6.10 Å². The Morgan fingerprint density at radius 1 is 1.00 bits per heavy atom. The van der Waals surface area contributed by atoms with Gasteiger partial charge >= 0.3 is 6.09 Å². The smallest absolute Gasteiger partial charge is 0.411 e. The van der Waals surface area contributed by atoms with E-state index in [4.69, 9.17) is 9.47 Å². The van der Waals surface area contributed by atoms with Crippen LogP contribution < -0.4 is 0 Å². The molecule has 1 saturated carbocycles. The van der Waals surface area contributed by atoms with Gasteiger partial charge in [0, 0.05) is 13.1 Å². The maximum Gasteiger partial charge on any atom is 0.411 e. The van der Waals surface area contributed by atoms with Crippen molar-refractivity contribution in [2.75, 3.05) is 19.9 Å². The molecule has 0 bridgehead atoms. The van der Waals surface area contributed by atoms with Crippen LogP contribution in [0, 0.1) is 0 Å². The van der Waals surface area contributed by atoms with Crippen molar-refractivity contribution >= 4 is 6.09 Å². The molecule has 1 aromatic rings. The van der Waals surface area contributed by atoms with Gasteiger partial charge in [0.1, 0.15) is 0 Å². The SMILES string of the molecule is O=C(OCO[C@H]1CC[C@@H](c2ccccc2)CC1)N1CCCCC1. The van der Waals surface area contributed by atoms with Crippen LogP contribution in [0.3, 0.4) is 0 Å². The third-order valence-electron chi connectivity index (χ3n) is 5.05. The lowest BCUT2D eigenvalue weighted by atomic mass is 9.83. The number of carbonyl (C=O) groups excluding carboxylic acids is 1. The van der Waals surface area contributed by atoms with E-state index in [0.717, 1.165) is 51.6 Å². The number of nitrogens with zero attached hydrogens (tertiary/aromatic N) is 1. The van der Waals surface area contributed by atoms with Crippen molar-refractivity contribution < 1.29 is 14.3 Å². The van der Waals surface area contributed by atoms with Crippen molar-refractivity contribution in [2.24, 2.45) is 0 Å². The van der Waals surface area contributed by atoms with Gasteiger partial charge in [-0.05, 0) is 56.4 Å². The lowest BCUT2D eigenvalue weighted by Crippen LogP contribution is -2.36. The van der Waals surface area contributed by atoms with Gasteiger partial charge in [-0.2, -0.15) is 0 Å². The first-order valence-corrected chi connectivity index (χ1v) is 8.91. The molecule has 3 rings (SSSR count). The molecule has 1 aliphatic heterocycles. The van der Waals surface area contributed by atoms with Gasteiger partial charge in [-0.1, -0.05) is 30.3 Å². The molecule has 4 nitrogen and oxygen atoms in total. The molecular formula is C19H27NO3. The van der Waals surface area contributed by atoms with E-state index in [9.17, 15) is 4.79 Å². The number of rotatable bonds is 4. The topological polar surface area (TPSA) is 38.8 Å². The Balaban J connectivity index is 1.34. The molecule has 2 fully saturated rings. The molecule has 126 valence electrons. The summed E-state index contributed by atoms with van der Waals surface area (Å²) in [5.74, 6) is 0.645. The van der Waals surface area contributed by atoms with Crippen LogP contribution >= 0.6 is 0 Å². The first-order valence-electron chi connectivity index (χ1n) is 8.91. The van der Waals surface area contributed by atoms with Crippen LogP contribution in [0.4, 0.5) is 4.79 Å². The number of piperidine rings is 1. The minimum absolute atomic E-state index is 0.0933. The molecule has 1 aliphatic carbocycles. The number of ether oxygens (including phenoxy) is 2. The molecule has 1 saturated heterocycles. The van der Waals surface area contributed by atoms with E-state index < -0.39 is 0 Å². The first kappa shape index (κ1) is 16.3. The highest BCUT2D eigenvalue weighted by molar-refractivity contribution is 5.67. The van der Waals surface area contributed by atoms with Crippen LogP contribution in [0.2, 0.25) is 0 Å². The monoisotopic (exact) mass is 317 g/mol. The summed E-state index contributed by atoms with van der Waals surface area (Å²) in [4.78, 5) is 13.7. The normalized spacial score (nSPS) is 25.1.